The number of rotatable bonds is 6. The summed E-state index contributed by atoms with van der Waals surface area (Å²) in [6.07, 6.45) is 0.847. The van der Waals surface area contributed by atoms with Gasteiger partial charge in [-0.15, -0.1) is 0 Å². The Hall–Kier alpha value is -2.75. The number of carbonyl (C=O) groups is 2. The maximum absolute atomic E-state index is 12.9. The SMILES string of the molecule is O=C1CN(S(=O)(=O)c2cccc(C(=O)N[C@@H]3CCN(Cc4ccccc4)C3)c2)CCN1. The molecule has 2 amide bonds. The van der Waals surface area contributed by atoms with Crippen molar-refractivity contribution in [1.29, 1.82) is 0 Å². The topological polar surface area (TPSA) is 98.8 Å². The molecule has 1 atom stereocenters. The molecule has 0 spiro atoms. The summed E-state index contributed by atoms with van der Waals surface area (Å²) in [4.78, 5) is 26.7. The first-order valence-electron chi connectivity index (χ1n) is 10.4. The summed E-state index contributed by atoms with van der Waals surface area (Å²) in [5.41, 5.74) is 1.53. The molecule has 2 aromatic carbocycles. The molecule has 31 heavy (non-hydrogen) atoms. The second-order valence-corrected chi connectivity index (χ2v) is 9.83. The lowest BCUT2D eigenvalue weighted by molar-refractivity contribution is -0.122. The molecule has 2 saturated heterocycles. The Morgan fingerprint density at radius 3 is 2.68 bits per heavy atom. The molecule has 0 bridgehead atoms. The van der Waals surface area contributed by atoms with Crippen LogP contribution in [0.15, 0.2) is 59.5 Å². The standard InChI is InChI=1S/C22H26N4O4S/c27-21-16-26(12-10-23-21)31(29,30)20-8-4-7-18(13-20)22(28)24-19-9-11-25(15-19)14-17-5-2-1-3-6-17/h1-8,13,19H,9-12,14-16H2,(H,23,27)(H,24,28)/t19-/m1/s1. The fourth-order valence-corrected chi connectivity index (χ4v) is 5.42. The van der Waals surface area contributed by atoms with Gasteiger partial charge in [-0.25, -0.2) is 8.42 Å². The zero-order valence-corrected chi connectivity index (χ0v) is 18.0. The van der Waals surface area contributed by atoms with Crippen molar-refractivity contribution in [3.8, 4) is 0 Å². The molecule has 4 rings (SSSR count). The Bertz CT molecular complexity index is 1060. The van der Waals surface area contributed by atoms with E-state index in [0.717, 1.165) is 30.4 Å². The van der Waals surface area contributed by atoms with Gasteiger partial charge in [-0.2, -0.15) is 4.31 Å². The number of sulfonamides is 1. The second-order valence-electron chi connectivity index (χ2n) is 7.90. The highest BCUT2D eigenvalue weighted by atomic mass is 32.2. The van der Waals surface area contributed by atoms with Gasteiger partial charge in [0.2, 0.25) is 15.9 Å². The van der Waals surface area contributed by atoms with Crippen LogP contribution in [-0.4, -0.2) is 68.2 Å². The minimum atomic E-state index is -3.84. The number of benzene rings is 2. The summed E-state index contributed by atoms with van der Waals surface area (Å²) in [6.45, 7) is 2.76. The van der Waals surface area contributed by atoms with Gasteiger partial charge in [0.05, 0.1) is 11.4 Å². The first-order valence-corrected chi connectivity index (χ1v) is 11.8. The van der Waals surface area contributed by atoms with E-state index in [9.17, 15) is 18.0 Å². The van der Waals surface area contributed by atoms with Crippen LogP contribution >= 0.6 is 0 Å². The minimum absolute atomic E-state index is 0.0160. The van der Waals surface area contributed by atoms with Gasteiger partial charge in [0.15, 0.2) is 0 Å². The van der Waals surface area contributed by atoms with E-state index in [1.54, 1.807) is 12.1 Å². The number of likely N-dealkylation sites (tertiary alicyclic amines) is 1. The molecule has 0 saturated carbocycles. The number of piperazine rings is 1. The zero-order chi connectivity index (χ0) is 21.8. The van der Waals surface area contributed by atoms with Gasteiger partial charge < -0.3 is 10.6 Å². The van der Waals surface area contributed by atoms with Crippen molar-refractivity contribution in [3.05, 3.63) is 65.7 Å². The third kappa shape index (κ3) is 5.12. The van der Waals surface area contributed by atoms with E-state index in [1.165, 1.54) is 17.7 Å². The highest BCUT2D eigenvalue weighted by Crippen LogP contribution is 2.19. The van der Waals surface area contributed by atoms with Crippen molar-refractivity contribution in [2.24, 2.45) is 0 Å². The fraction of sp³-hybridized carbons (Fsp3) is 0.364. The quantitative estimate of drug-likeness (QED) is 0.690. The van der Waals surface area contributed by atoms with Gasteiger partial charge in [0.1, 0.15) is 0 Å². The van der Waals surface area contributed by atoms with E-state index in [-0.39, 0.29) is 42.4 Å². The highest BCUT2D eigenvalue weighted by molar-refractivity contribution is 7.89. The largest absolute Gasteiger partial charge is 0.354 e. The van der Waals surface area contributed by atoms with Gasteiger partial charge in [-0.1, -0.05) is 36.4 Å². The maximum atomic E-state index is 12.9. The van der Waals surface area contributed by atoms with Gasteiger partial charge in [-0.3, -0.25) is 14.5 Å². The van der Waals surface area contributed by atoms with Crippen molar-refractivity contribution in [2.45, 2.75) is 23.9 Å². The number of nitrogens with zero attached hydrogens (tertiary/aromatic N) is 2. The average Bonchev–Trinajstić information content (AvgIpc) is 3.21. The summed E-state index contributed by atoms with van der Waals surface area (Å²) in [5.74, 6) is -0.620. The van der Waals surface area contributed by atoms with E-state index in [0.29, 0.717) is 5.56 Å². The molecule has 0 aliphatic carbocycles. The first kappa shape index (κ1) is 21.5. The van der Waals surface area contributed by atoms with Crippen molar-refractivity contribution < 1.29 is 18.0 Å². The lowest BCUT2D eigenvalue weighted by Gasteiger charge is -2.26. The van der Waals surface area contributed by atoms with Crippen LogP contribution in [0.4, 0.5) is 0 Å². The van der Waals surface area contributed by atoms with Crippen molar-refractivity contribution >= 4 is 21.8 Å². The fourth-order valence-electron chi connectivity index (χ4n) is 3.97. The average molecular weight is 443 g/mol. The van der Waals surface area contributed by atoms with E-state index >= 15 is 0 Å². The molecule has 2 heterocycles. The lowest BCUT2D eigenvalue weighted by Crippen LogP contribution is -2.49. The van der Waals surface area contributed by atoms with Crippen LogP contribution in [0.1, 0.15) is 22.3 Å². The molecule has 2 fully saturated rings. The molecule has 0 aromatic heterocycles. The molecule has 164 valence electrons. The zero-order valence-electron chi connectivity index (χ0n) is 17.2. The third-order valence-corrected chi connectivity index (χ3v) is 7.44. The second kappa shape index (κ2) is 9.17. The highest BCUT2D eigenvalue weighted by Gasteiger charge is 2.30. The molecule has 9 heteroatoms. The van der Waals surface area contributed by atoms with Gasteiger partial charge in [0, 0.05) is 44.3 Å². The molecule has 2 aromatic rings. The van der Waals surface area contributed by atoms with Gasteiger partial charge in [0.25, 0.3) is 5.91 Å². The predicted molar refractivity (Wildman–Crippen MR) is 116 cm³/mol. The first-order chi connectivity index (χ1) is 14.9. The van der Waals surface area contributed by atoms with E-state index in [4.69, 9.17) is 0 Å². The minimum Gasteiger partial charge on any atom is -0.354 e. The van der Waals surface area contributed by atoms with Crippen LogP contribution in [0.2, 0.25) is 0 Å². The smallest absolute Gasteiger partial charge is 0.251 e. The molecule has 0 radical (unpaired) electrons. The van der Waals surface area contributed by atoms with Crippen LogP contribution < -0.4 is 10.6 Å². The third-order valence-electron chi connectivity index (χ3n) is 5.59. The van der Waals surface area contributed by atoms with Gasteiger partial charge in [-0.05, 0) is 30.2 Å². The van der Waals surface area contributed by atoms with Crippen LogP contribution in [0.3, 0.4) is 0 Å². The number of carbonyl (C=O) groups excluding carboxylic acids is 2. The number of amides is 2. The van der Waals surface area contributed by atoms with Crippen molar-refractivity contribution in [2.75, 3.05) is 32.7 Å². The number of hydrogen-bond acceptors (Lipinski definition) is 5. The van der Waals surface area contributed by atoms with Gasteiger partial charge >= 0.3 is 0 Å². The summed E-state index contributed by atoms with van der Waals surface area (Å²) in [6, 6.07) is 16.2. The van der Waals surface area contributed by atoms with Crippen LogP contribution in [0, 0.1) is 0 Å². The Balaban J connectivity index is 1.39. The van der Waals surface area contributed by atoms with Crippen molar-refractivity contribution in [1.82, 2.24) is 19.8 Å². The summed E-state index contributed by atoms with van der Waals surface area (Å²) < 4.78 is 26.9. The molecule has 8 nitrogen and oxygen atoms in total. The summed E-state index contributed by atoms with van der Waals surface area (Å²) >= 11 is 0. The van der Waals surface area contributed by atoms with Crippen LogP contribution in [0.5, 0.6) is 0 Å². The monoisotopic (exact) mass is 442 g/mol. The normalized spacial score (nSPS) is 20.4. The van der Waals surface area contributed by atoms with Crippen LogP contribution in [-0.2, 0) is 21.4 Å². The predicted octanol–water partition coefficient (Wildman–Crippen LogP) is 0.811. The van der Waals surface area contributed by atoms with Crippen molar-refractivity contribution in [3.63, 3.8) is 0 Å². The van der Waals surface area contributed by atoms with E-state index in [2.05, 4.69) is 27.7 Å². The number of hydrogen-bond donors (Lipinski definition) is 2. The molecule has 2 aliphatic rings. The molecular weight excluding hydrogens is 416 g/mol. The Morgan fingerprint density at radius 2 is 1.90 bits per heavy atom. The molecule has 2 N–H and O–H groups in total. The Morgan fingerprint density at radius 1 is 1.10 bits per heavy atom. The number of nitrogens with one attached hydrogen (secondary N) is 2. The lowest BCUT2D eigenvalue weighted by atomic mass is 10.2. The van der Waals surface area contributed by atoms with Crippen LogP contribution in [0.25, 0.3) is 0 Å². The molecular formula is C22H26N4O4S. The summed E-state index contributed by atoms with van der Waals surface area (Å²) in [7, 11) is -3.84. The van der Waals surface area contributed by atoms with E-state index < -0.39 is 10.0 Å². The Kier molecular flexibility index (Phi) is 6.35. The summed E-state index contributed by atoms with van der Waals surface area (Å²) in [5, 5.41) is 5.63. The maximum Gasteiger partial charge on any atom is 0.251 e. The van der Waals surface area contributed by atoms with E-state index in [1.807, 2.05) is 18.2 Å². The Labute approximate surface area is 182 Å². The molecule has 0 unspecified atom stereocenters. The molecule has 2 aliphatic heterocycles.